The molecule has 0 amide bonds. The van der Waals surface area contributed by atoms with Crippen LogP contribution in [-0.2, 0) is 4.79 Å². The maximum atomic E-state index is 11.3. The number of furan rings is 2. The molecule has 5 nitrogen and oxygen atoms in total. The zero-order valence-electron chi connectivity index (χ0n) is 8.42. The minimum absolute atomic E-state index is 0.0891. The van der Waals surface area contributed by atoms with Gasteiger partial charge in [0.15, 0.2) is 13.2 Å². The van der Waals surface area contributed by atoms with Crippen molar-refractivity contribution < 1.29 is 23.1 Å². The molecular formula is C11H10O5. The normalized spacial score (nSPS) is 10.0. The summed E-state index contributed by atoms with van der Waals surface area (Å²) >= 11 is 0. The summed E-state index contributed by atoms with van der Waals surface area (Å²) in [6.45, 7) is -0.178. The summed E-state index contributed by atoms with van der Waals surface area (Å²) in [6.07, 6.45) is 2.94. The van der Waals surface area contributed by atoms with Gasteiger partial charge in [0.25, 0.3) is 11.9 Å². The Morgan fingerprint density at radius 1 is 1.00 bits per heavy atom. The van der Waals surface area contributed by atoms with Gasteiger partial charge in [0.1, 0.15) is 0 Å². The molecule has 0 aliphatic rings. The van der Waals surface area contributed by atoms with Crippen LogP contribution in [0.2, 0.25) is 0 Å². The molecule has 5 heteroatoms. The van der Waals surface area contributed by atoms with E-state index in [1.807, 2.05) is 0 Å². The van der Waals surface area contributed by atoms with Crippen LogP contribution in [0, 0.1) is 0 Å². The monoisotopic (exact) mass is 222 g/mol. The standard InChI is InChI=1S/C11H10O5/c12-9(7-15-10-3-1-5-13-10)8-16-11-4-2-6-14-11/h1-6H,7-8H2. The zero-order chi connectivity index (χ0) is 11.2. The number of hydrogen-bond donors (Lipinski definition) is 0. The lowest BCUT2D eigenvalue weighted by molar-refractivity contribution is -0.123. The molecule has 0 saturated heterocycles. The number of ether oxygens (including phenoxy) is 2. The third kappa shape index (κ3) is 2.91. The predicted molar refractivity (Wildman–Crippen MR) is 53.4 cm³/mol. The number of carbonyl (C=O) groups excluding carboxylic acids is 1. The Balaban J connectivity index is 1.69. The summed E-state index contributed by atoms with van der Waals surface area (Å²) in [5.41, 5.74) is 0. The van der Waals surface area contributed by atoms with E-state index in [1.165, 1.54) is 12.5 Å². The second-order valence-electron chi connectivity index (χ2n) is 2.98. The summed E-state index contributed by atoms with van der Waals surface area (Å²) in [6, 6.07) is 6.61. The van der Waals surface area contributed by atoms with Gasteiger partial charge in [0.05, 0.1) is 12.5 Å². The first-order chi connectivity index (χ1) is 7.84. The molecule has 0 unspecified atom stereocenters. The average Bonchev–Trinajstić information content (AvgIpc) is 2.96. The van der Waals surface area contributed by atoms with Gasteiger partial charge in [-0.05, 0) is 12.1 Å². The van der Waals surface area contributed by atoms with E-state index < -0.39 is 0 Å². The number of Topliss-reactive ketones (excluding diaryl/α,β-unsaturated/α-hetero) is 1. The Labute approximate surface area is 91.6 Å². The van der Waals surface area contributed by atoms with Gasteiger partial charge >= 0.3 is 0 Å². The molecule has 0 spiro atoms. The van der Waals surface area contributed by atoms with Crippen LogP contribution in [0.4, 0.5) is 0 Å². The second kappa shape index (κ2) is 5.06. The molecule has 0 aliphatic heterocycles. The van der Waals surface area contributed by atoms with Crippen molar-refractivity contribution in [3.05, 3.63) is 36.8 Å². The highest BCUT2D eigenvalue weighted by atomic mass is 16.6. The molecule has 0 aromatic carbocycles. The van der Waals surface area contributed by atoms with Crippen molar-refractivity contribution in [2.24, 2.45) is 0 Å². The van der Waals surface area contributed by atoms with Gasteiger partial charge < -0.3 is 18.3 Å². The molecule has 0 saturated carbocycles. The van der Waals surface area contributed by atoms with Crippen molar-refractivity contribution in [2.75, 3.05) is 13.2 Å². The molecular weight excluding hydrogens is 212 g/mol. The predicted octanol–water partition coefficient (Wildman–Crippen LogP) is 1.90. The maximum absolute atomic E-state index is 11.3. The van der Waals surface area contributed by atoms with Crippen molar-refractivity contribution in [1.29, 1.82) is 0 Å². The third-order valence-electron chi connectivity index (χ3n) is 1.74. The highest BCUT2D eigenvalue weighted by Gasteiger charge is 2.06. The number of ketones is 1. The molecule has 84 valence electrons. The van der Waals surface area contributed by atoms with Crippen molar-refractivity contribution in [3.8, 4) is 11.9 Å². The summed E-state index contributed by atoms with van der Waals surface area (Å²) in [4.78, 5) is 11.3. The van der Waals surface area contributed by atoms with Gasteiger partial charge in [-0.2, -0.15) is 0 Å². The minimum atomic E-state index is -0.201. The van der Waals surface area contributed by atoms with Gasteiger partial charge in [-0.15, -0.1) is 0 Å². The molecule has 0 N–H and O–H groups in total. The van der Waals surface area contributed by atoms with Gasteiger partial charge in [0.2, 0.25) is 5.78 Å². The Morgan fingerprint density at radius 3 is 1.88 bits per heavy atom. The van der Waals surface area contributed by atoms with Crippen LogP contribution in [0.25, 0.3) is 0 Å². The van der Waals surface area contributed by atoms with Crippen LogP contribution in [-0.4, -0.2) is 19.0 Å². The molecule has 0 fully saturated rings. The highest BCUT2D eigenvalue weighted by molar-refractivity contribution is 5.81. The van der Waals surface area contributed by atoms with E-state index in [0.717, 1.165) is 0 Å². The number of rotatable bonds is 6. The van der Waals surface area contributed by atoms with Gasteiger partial charge in [0, 0.05) is 12.1 Å². The Kier molecular flexibility index (Phi) is 3.28. The lowest BCUT2D eigenvalue weighted by Crippen LogP contribution is -2.18. The fourth-order valence-corrected chi connectivity index (χ4v) is 1.04. The lowest BCUT2D eigenvalue weighted by Gasteiger charge is -2.02. The topological polar surface area (TPSA) is 61.8 Å². The third-order valence-corrected chi connectivity index (χ3v) is 1.74. The van der Waals surface area contributed by atoms with E-state index in [1.54, 1.807) is 24.3 Å². The van der Waals surface area contributed by atoms with Crippen LogP contribution in [0.3, 0.4) is 0 Å². The number of hydrogen-bond acceptors (Lipinski definition) is 5. The average molecular weight is 222 g/mol. The van der Waals surface area contributed by atoms with Crippen molar-refractivity contribution >= 4 is 5.78 Å². The van der Waals surface area contributed by atoms with E-state index in [4.69, 9.17) is 18.3 Å². The van der Waals surface area contributed by atoms with Crippen molar-refractivity contribution in [2.45, 2.75) is 0 Å². The zero-order valence-corrected chi connectivity index (χ0v) is 8.42. The van der Waals surface area contributed by atoms with Gasteiger partial charge in [-0.25, -0.2) is 0 Å². The van der Waals surface area contributed by atoms with E-state index >= 15 is 0 Å². The Hall–Kier alpha value is -2.17. The molecule has 2 rings (SSSR count). The van der Waals surface area contributed by atoms with E-state index in [2.05, 4.69) is 0 Å². The van der Waals surface area contributed by atoms with Gasteiger partial charge in [-0.3, -0.25) is 4.79 Å². The Morgan fingerprint density at radius 2 is 1.50 bits per heavy atom. The minimum Gasteiger partial charge on any atom is -0.457 e. The molecule has 0 bridgehead atoms. The fourth-order valence-electron chi connectivity index (χ4n) is 1.04. The van der Waals surface area contributed by atoms with Crippen LogP contribution in [0.15, 0.2) is 45.6 Å². The van der Waals surface area contributed by atoms with Crippen molar-refractivity contribution in [1.82, 2.24) is 0 Å². The van der Waals surface area contributed by atoms with Crippen LogP contribution >= 0.6 is 0 Å². The Bertz CT molecular complexity index is 375. The first-order valence-electron chi connectivity index (χ1n) is 4.69. The highest BCUT2D eigenvalue weighted by Crippen LogP contribution is 2.11. The molecule has 2 aromatic heterocycles. The molecule has 16 heavy (non-hydrogen) atoms. The van der Waals surface area contributed by atoms with Crippen molar-refractivity contribution in [3.63, 3.8) is 0 Å². The lowest BCUT2D eigenvalue weighted by atomic mass is 10.4. The quantitative estimate of drug-likeness (QED) is 0.746. The number of carbonyl (C=O) groups is 1. The molecule has 2 aromatic rings. The first kappa shape index (κ1) is 10.4. The molecule has 0 radical (unpaired) electrons. The van der Waals surface area contributed by atoms with Crippen LogP contribution in [0.1, 0.15) is 0 Å². The van der Waals surface area contributed by atoms with Gasteiger partial charge in [-0.1, -0.05) is 0 Å². The van der Waals surface area contributed by atoms with Crippen LogP contribution in [0.5, 0.6) is 11.9 Å². The first-order valence-corrected chi connectivity index (χ1v) is 4.69. The second-order valence-corrected chi connectivity index (χ2v) is 2.98. The summed E-state index contributed by atoms with van der Waals surface area (Å²) in [5.74, 6) is 0.422. The summed E-state index contributed by atoms with van der Waals surface area (Å²) in [5, 5.41) is 0. The van der Waals surface area contributed by atoms with E-state index in [9.17, 15) is 4.79 Å². The summed E-state index contributed by atoms with van der Waals surface area (Å²) < 4.78 is 19.9. The fraction of sp³-hybridized carbons (Fsp3) is 0.182. The summed E-state index contributed by atoms with van der Waals surface area (Å²) in [7, 11) is 0. The molecule has 0 aliphatic carbocycles. The SMILES string of the molecule is O=C(COc1ccco1)COc1ccco1. The largest absolute Gasteiger partial charge is 0.457 e. The smallest absolute Gasteiger partial charge is 0.284 e. The maximum Gasteiger partial charge on any atom is 0.284 e. The van der Waals surface area contributed by atoms with Crippen LogP contribution < -0.4 is 9.47 Å². The van der Waals surface area contributed by atoms with E-state index in [-0.39, 0.29) is 19.0 Å². The molecule has 0 atom stereocenters. The van der Waals surface area contributed by atoms with E-state index in [0.29, 0.717) is 11.9 Å². The molecule has 2 heterocycles.